The summed E-state index contributed by atoms with van der Waals surface area (Å²) in [6.07, 6.45) is 1.09. The summed E-state index contributed by atoms with van der Waals surface area (Å²) in [5.41, 5.74) is 0. The molecular formula is C10H21NO3. The third-order valence-electron chi connectivity index (χ3n) is 2.65. The van der Waals surface area contributed by atoms with E-state index in [0.29, 0.717) is 12.5 Å². The van der Waals surface area contributed by atoms with E-state index in [0.717, 1.165) is 6.54 Å². The maximum atomic E-state index is 10.3. The van der Waals surface area contributed by atoms with Gasteiger partial charge in [-0.1, -0.05) is 0 Å². The van der Waals surface area contributed by atoms with Crippen LogP contribution in [0.5, 0.6) is 0 Å². The van der Waals surface area contributed by atoms with Crippen LogP contribution in [-0.4, -0.2) is 48.8 Å². The standard InChI is InChI=1S/C10H21NO3/c1-8(9(2)14-4)11(3)7-5-6-10(12)13/h8-9H,5-7H2,1-4H3,(H,12,13). The molecule has 0 aliphatic carbocycles. The van der Waals surface area contributed by atoms with Gasteiger partial charge in [-0.25, -0.2) is 0 Å². The Hall–Kier alpha value is -0.610. The van der Waals surface area contributed by atoms with E-state index in [1.165, 1.54) is 0 Å². The zero-order valence-electron chi connectivity index (χ0n) is 9.49. The Morgan fingerprint density at radius 1 is 1.50 bits per heavy atom. The molecule has 1 N–H and O–H groups in total. The number of likely N-dealkylation sites (N-methyl/N-ethyl adjacent to an activating group) is 1. The third-order valence-corrected chi connectivity index (χ3v) is 2.65. The molecule has 0 saturated carbocycles. The van der Waals surface area contributed by atoms with Gasteiger partial charge in [0.05, 0.1) is 6.10 Å². The molecule has 0 heterocycles. The first kappa shape index (κ1) is 13.4. The van der Waals surface area contributed by atoms with Gasteiger partial charge in [-0.2, -0.15) is 0 Å². The van der Waals surface area contributed by atoms with E-state index in [1.807, 2.05) is 14.0 Å². The van der Waals surface area contributed by atoms with Crippen LogP contribution in [0.15, 0.2) is 0 Å². The van der Waals surface area contributed by atoms with Crippen LogP contribution in [0, 0.1) is 0 Å². The maximum Gasteiger partial charge on any atom is 0.303 e. The molecule has 0 aromatic heterocycles. The molecule has 4 nitrogen and oxygen atoms in total. The smallest absolute Gasteiger partial charge is 0.303 e. The minimum absolute atomic E-state index is 0.171. The van der Waals surface area contributed by atoms with Crippen LogP contribution in [0.2, 0.25) is 0 Å². The minimum atomic E-state index is -0.731. The lowest BCUT2D eigenvalue weighted by molar-refractivity contribution is -0.137. The lowest BCUT2D eigenvalue weighted by Crippen LogP contribution is -2.39. The highest BCUT2D eigenvalue weighted by Crippen LogP contribution is 2.05. The Morgan fingerprint density at radius 3 is 2.50 bits per heavy atom. The Balaban J connectivity index is 3.72. The summed E-state index contributed by atoms with van der Waals surface area (Å²) in [5, 5.41) is 8.48. The molecule has 0 radical (unpaired) electrons. The van der Waals surface area contributed by atoms with E-state index in [1.54, 1.807) is 7.11 Å². The number of ether oxygens (including phenoxy) is 1. The molecule has 2 atom stereocenters. The van der Waals surface area contributed by atoms with Crippen LogP contribution in [0.25, 0.3) is 0 Å². The number of rotatable bonds is 7. The second kappa shape index (κ2) is 6.79. The molecule has 0 aliphatic rings. The molecule has 0 rings (SSSR count). The normalized spacial score (nSPS) is 15.5. The van der Waals surface area contributed by atoms with Crippen molar-refractivity contribution in [1.29, 1.82) is 0 Å². The van der Waals surface area contributed by atoms with Gasteiger partial charge in [0.25, 0.3) is 0 Å². The summed E-state index contributed by atoms with van der Waals surface area (Å²) < 4.78 is 5.20. The average Bonchev–Trinajstić information content (AvgIpc) is 2.14. The summed E-state index contributed by atoms with van der Waals surface area (Å²) in [7, 11) is 3.67. The van der Waals surface area contributed by atoms with Crippen molar-refractivity contribution in [3.8, 4) is 0 Å². The first-order valence-electron chi connectivity index (χ1n) is 4.93. The lowest BCUT2D eigenvalue weighted by Gasteiger charge is -2.28. The van der Waals surface area contributed by atoms with Crippen molar-refractivity contribution in [2.45, 2.75) is 38.8 Å². The van der Waals surface area contributed by atoms with Crippen molar-refractivity contribution in [3.63, 3.8) is 0 Å². The number of methoxy groups -OCH3 is 1. The molecule has 4 heteroatoms. The lowest BCUT2D eigenvalue weighted by atomic mass is 10.1. The minimum Gasteiger partial charge on any atom is -0.481 e. The predicted octanol–water partition coefficient (Wildman–Crippen LogP) is 1.21. The number of carboxylic acids is 1. The summed E-state index contributed by atoms with van der Waals surface area (Å²) in [4.78, 5) is 12.4. The van der Waals surface area contributed by atoms with Crippen LogP contribution < -0.4 is 0 Å². The highest BCUT2D eigenvalue weighted by atomic mass is 16.5. The van der Waals surface area contributed by atoms with E-state index >= 15 is 0 Å². The fraction of sp³-hybridized carbons (Fsp3) is 0.900. The van der Waals surface area contributed by atoms with Crippen molar-refractivity contribution in [2.75, 3.05) is 20.7 Å². The number of hydrogen-bond donors (Lipinski definition) is 1. The van der Waals surface area contributed by atoms with E-state index in [-0.39, 0.29) is 12.5 Å². The van der Waals surface area contributed by atoms with Crippen LogP contribution in [0.4, 0.5) is 0 Å². The molecule has 84 valence electrons. The van der Waals surface area contributed by atoms with Crippen LogP contribution in [-0.2, 0) is 9.53 Å². The van der Waals surface area contributed by atoms with E-state index in [2.05, 4.69) is 11.8 Å². The van der Waals surface area contributed by atoms with Crippen LogP contribution in [0.1, 0.15) is 26.7 Å². The van der Waals surface area contributed by atoms with Gasteiger partial charge in [0, 0.05) is 19.6 Å². The van der Waals surface area contributed by atoms with Gasteiger partial charge in [-0.15, -0.1) is 0 Å². The first-order valence-corrected chi connectivity index (χ1v) is 4.93. The number of carboxylic acid groups (broad SMARTS) is 1. The van der Waals surface area contributed by atoms with Crippen molar-refractivity contribution in [3.05, 3.63) is 0 Å². The van der Waals surface area contributed by atoms with Crippen molar-refractivity contribution in [2.24, 2.45) is 0 Å². The molecule has 0 fully saturated rings. The SMILES string of the molecule is COC(C)C(C)N(C)CCCC(=O)O. The van der Waals surface area contributed by atoms with Crippen LogP contribution in [0.3, 0.4) is 0 Å². The number of carbonyl (C=O) groups is 1. The van der Waals surface area contributed by atoms with E-state index in [9.17, 15) is 4.79 Å². The van der Waals surface area contributed by atoms with Crippen molar-refractivity contribution < 1.29 is 14.6 Å². The summed E-state index contributed by atoms with van der Waals surface area (Å²) in [5.74, 6) is -0.731. The number of nitrogens with zero attached hydrogens (tertiary/aromatic N) is 1. The van der Waals surface area contributed by atoms with E-state index in [4.69, 9.17) is 9.84 Å². The number of hydrogen-bond acceptors (Lipinski definition) is 3. The van der Waals surface area contributed by atoms with Crippen molar-refractivity contribution in [1.82, 2.24) is 4.90 Å². The Kier molecular flexibility index (Phi) is 6.49. The molecule has 14 heavy (non-hydrogen) atoms. The molecule has 0 aliphatic heterocycles. The highest BCUT2D eigenvalue weighted by molar-refractivity contribution is 5.66. The fourth-order valence-corrected chi connectivity index (χ4v) is 1.24. The molecule has 0 aromatic carbocycles. The second-order valence-corrected chi connectivity index (χ2v) is 3.66. The maximum absolute atomic E-state index is 10.3. The first-order chi connectivity index (χ1) is 6.49. The molecule has 0 aromatic rings. The quantitative estimate of drug-likeness (QED) is 0.675. The third kappa shape index (κ3) is 5.19. The molecule has 0 bridgehead atoms. The average molecular weight is 203 g/mol. The summed E-state index contributed by atoms with van der Waals surface area (Å²) in [6, 6.07) is 0.314. The molecule has 0 saturated heterocycles. The zero-order valence-corrected chi connectivity index (χ0v) is 9.49. The van der Waals surface area contributed by atoms with Gasteiger partial charge in [-0.3, -0.25) is 4.79 Å². The zero-order chi connectivity index (χ0) is 11.1. The van der Waals surface area contributed by atoms with E-state index < -0.39 is 5.97 Å². The molecule has 0 spiro atoms. The molecule has 2 unspecified atom stereocenters. The number of aliphatic carboxylic acids is 1. The summed E-state index contributed by atoms with van der Waals surface area (Å²) >= 11 is 0. The van der Waals surface area contributed by atoms with Gasteiger partial charge in [0.1, 0.15) is 0 Å². The Labute approximate surface area is 85.9 Å². The van der Waals surface area contributed by atoms with Crippen LogP contribution >= 0.6 is 0 Å². The Morgan fingerprint density at radius 2 is 2.07 bits per heavy atom. The van der Waals surface area contributed by atoms with Gasteiger partial charge >= 0.3 is 5.97 Å². The fourth-order valence-electron chi connectivity index (χ4n) is 1.24. The predicted molar refractivity (Wildman–Crippen MR) is 55.4 cm³/mol. The second-order valence-electron chi connectivity index (χ2n) is 3.66. The summed E-state index contributed by atoms with van der Waals surface area (Å²) in [6.45, 7) is 4.88. The van der Waals surface area contributed by atoms with Gasteiger partial charge in [0.15, 0.2) is 0 Å². The topological polar surface area (TPSA) is 49.8 Å². The van der Waals surface area contributed by atoms with Gasteiger partial charge in [-0.05, 0) is 33.9 Å². The van der Waals surface area contributed by atoms with Gasteiger partial charge < -0.3 is 14.7 Å². The molecule has 0 amide bonds. The van der Waals surface area contributed by atoms with Crippen molar-refractivity contribution >= 4 is 5.97 Å². The largest absolute Gasteiger partial charge is 0.481 e. The monoisotopic (exact) mass is 203 g/mol. The highest BCUT2D eigenvalue weighted by Gasteiger charge is 2.15. The Bertz CT molecular complexity index is 173. The molecular weight excluding hydrogens is 182 g/mol. The van der Waals surface area contributed by atoms with Gasteiger partial charge in [0.2, 0.25) is 0 Å².